The fraction of sp³-hybridized carbons (Fsp3) is 0.667. The lowest BCUT2D eigenvalue weighted by Crippen LogP contribution is -2.54. The standard InChI is InChI=1S/C21H37NO4Si/c1-20(2,3)25-19(24)22-17(14-16-12-10-9-11-13-16)18(15-23)26-27(7,8)21(4,5)6/h9-13,17-18,23H,14-15H2,1-8H3,(H,22,24)/t17-,18+/m0/s1. The first-order chi connectivity index (χ1) is 12.2. The van der Waals surface area contributed by atoms with Crippen LogP contribution in [-0.2, 0) is 15.6 Å². The van der Waals surface area contributed by atoms with Crippen LogP contribution in [0.4, 0.5) is 4.79 Å². The molecule has 0 spiro atoms. The van der Waals surface area contributed by atoms with Gasteiger partial charge in [0.05, 0.1) is 18.8 Å². The molecule has 0 bridgehead atoms. The maximum Gasteiger partial charge on any atom is 0.407 e. The van der Waals surface area contributed by atoms with Gasteiger partial charge in [-0.2, -0.15) is 0 Å². The average Bonchev–Trinajstić information content (AvgIpc) is 2.50. The molecule has 0 saturated carbocycles. The van der Waals surface area contributed by atoms with E-state index in [1.807, 2.05) is 51.1 Å². The van der Waals surface area contributed by atoms with Crippen LogP contribution in [0.5, 0.6) is 0 Å². The third-order valence-corrected chi connectivity index (χ3v) is 9.39. The molecule has 0 radical (unpaired) electrons. The summed E-state index contributed by atoms with van der Waals surface area (Å²) < 4.78 is 11.9. The molecule has 5 nitrogen and oxygen atoms in total. The Morgan fingerprint density at radius 2 is 1.67 bits per heavy atom. The van der Waals surface area contributed by atoms with Crippen LogP contribution in [0, 0.1) is 0 Å². The smallest absolute Gasteiger partial charge is 0.407 e. The second-order valence-corrected chi connectivity index (χ2v) is 14.3. The third kappa shape index (κ3) is 8.03. The minimum atomic E-state index is -2.12. The van der Waals surface area contributed by atoms with Gasteiger partial charge in [0.1, 0.15) is 5.60 Å². The van der Waals surface area contributed by atoms with Crippen molar-refractivity contribution < 1.29 is 19.1 Å². The third-order valence-electron chi connectivity index (χ3n) is 4.88. The number of aliphatic hydroxyl groups excluding tert-OH is 1. The van der Waals surface area contributed by atoms with Crippen molar-refractivity contribution in [2.24, 2.45) is 0 Å². The predicted octanol–water partition coefficient (Wildman–Crippen LogP) is 4.51. The Hall–Kier alpha value is -1.37. The van der Waals surface area contributed by atoms with Crippen LogP contribution < -0.4 is 5.32 Å². The molecule has 0 fully saturated rings. The largest absolute Gasteiger partial charge is 0.444 e. The molecule has 1 rings (SSSR count). The Balaban J connectivity index is 3.04. The van der Waals surface area contributed by atoms with Gasteiger partial charge in [-0.25, -0.2) is 4.79 Å². The van der Waals surface area contributed by atoms with Crippen LogP contribution in [0.3, 0.4) is 0 Å². The molecule has 2 N–H and O–H groups in total. The first-order valence-corrected chi connectivity index (χ1v) is 12.5. The number of alkyl carbamates (subject to hydrolysis) is 1. The van der Waals surface area contributed by atoms with E-state index in [-0.39, 0.29) is 17.7 Å². The molecule has 0 aliphatic rings. The molecular weight excluding hydrogens is 358 g/mol. The van der Waals surface area contributed by atoms with Gasteiger partial charge >= 0.3 is 6.09 Å². The van der Waals surface area contributed by atoms with Crippen LogP contribution in [0.1, 0.15) is 47.1 Å². The van der Waals surface area contributed by atoms with Crippen molar-refractivity contribution in [2.45, 2.75) is 83.8 Å². The lowest BCUT2D eigenvalue weighted by molar-refractivity contribution is 0.0350. The number of benzene rings is 1. The fourth-order valence-corrected chi connectivity index (χ4v) is 3.75. The highest BCUT2D eigenvalue weighted by atomic mass is 28.4. The zero-order valence-electron chi connectivity index (χ0n) is 18.1. The van der Waals surface area contributed by atoms with E-state index in [1.54, 1.807) is 0 Å². The summed E-state index contributed by atoms with van der Waals surface area (Å²) in [5, 5.41) is 13.0. The van der Waals surface area contributed by atoms with Crippen LogP contribution in [0.25, 0.3) is 0 Å². The van der Waals surface area contributed by atoms with Gasteiger partial charge in [0.25, 0.3) is 0 Å². The second kappa shape index (κ2) is 9.21. The zero-order valence-corrected chi connectivity index (χ0v) is 19.1. The first kappa shape index (κ1) is 23.7. The van der Waals surface area contributed by atoms with Crippen molar-refractivity contribution in [2.75, 3.05) is 6.61 Å². The number of carbonyl (C=O) groups excluding carboxylic acids is 1. The minimum Gasteiger partial charge on any atom is -0.444 e. The van der Waals surface area contributed by atoms with Gasteiger partial charge in [-0.1, -0.05) is 51.1 Å². The monoisotopic (exact) mass is 395 g/mol. The van der Waals surface area contributed by atoms with Crippen molar-refractivity contribution in [3.8, 4) is 0 Å². The lowest BCUT2D eigenvalue weighted by atomic mass is 10.0. The van der Waals surface area contributed by atoms with Gasteiger partial charge in [-0.05, 0) is 50.9 Å². The number of hydrogen-bond acceptors (Lipinski definition) is 4. The second-order valence-electron chi connectivity index (χ2n) is 9.54. The molecule has 1 amide bonds. The molecular formula is C21H37NO4Si. The van der Waals surface area contributed by atoms with Gasteiger partial charge in [0.2, 0.25) is 0 Å². The Bertz CT molecular complexity index is 590. The lowest BCUT2D eigenvalue weighted by Gasteiger charge is -2.41. The molecule has 1 aromatic carbocycles. The predicted molar refractivity (Wildman–Crippen MR) is 112 cm³/mol. The van der Waals surface area contributed by atoms with Crippen LogP contribution in [0.15, 0.2) is 30.3 Å². The number of aliphatic hydroxyl groups is 1. The minimum absolute atomic E-state index is 0.00361. The molecule has 154 valence electrons. The van der Waals surface area contributed by atoms with Crippen molar-refractivity contribution >= 4 is 14.4 Å². The molecule has 0 aliphatic heterocycles. The topological polar surface area (TPSA) is 67.8 Å². The number of carbonyl (C=O) groups is 1. The van der Waals surface area contributed by atoms with Crippen LogP contribution >= 0.6 is 0 Å². The van der Waals surface area contributed by atoms with E-state index in [0.29, 0.717) is 6.42 Å². The number of rotatable bonds is 7. The molecule has 2 atom stereocenters. The van der Waals surface area contributed by atoms with E-state index in [0.717, 1.165) is 5.56 Å². The molecule has 0 saturated heterocycles. The average molecular weight is 396 g/mol. The van der Waals surface area contributed by atoms with E-state index in [2.05, 4.69) is 39.2 Å². The molecule has 6 heteroatoms. The van der Waals surface area contributed by atoms with Crippen LogP contribution in [0.2, 0.25) is 18.1 Å². The SMILES string of the molecule is CC(C)(C)OC(=O)N[C@@H](Cc1ccccc1)[C@@H](CO)O[Si](C)(C)C(C)(C)C. The summed E-state index contributed by atoms with van der Waals surface area (Å²) in [6.45, 7) is 16.1. The summed E-state index contributed by atoms with van der Waals surface area (Å²) in [4.78, 5) is 12.4. The molecule has 0 aromatic heterocycles. The fourth-order valence-electron chi connectivity index (χ4n) is 2.40. The van der Waals surface area contributed by atoms with Crippen molar-refractivity contribution in [3.05, 3.63) is 35.9 Å². The van der Waals surface area contributed by atoms with E-state index in [4.69, 9.17) is 9.16 Å². The summed E-state index contributed by atoms with van der Waals surface area (Å²) in [6.07, 6.45) is -0.445. The van der Waals surface area contributed by atoms with E-state index in [9.17, 15) is 9.90 Å². The maximum atomic E-state index is 12.4. The van der Waals surface area contributed by atoms with Gasteiger partial charge in [0, 0.05) is 0 Å². The van der Waals surface area contributed by atoms with E-state index in [1.165, 1.54) is 0 Å². The molecule has 27 heavy (non-hydrogen) atoms. The number of ether oxygens (including phenoxy) is 1. The molecule has 0 aliphatic carbocycles. The van der Waals surface area contributed by atoms with Gasteiger partial charge < -0.3 is 19.6 Å². The highest BCUT2D eigenvalue weighted by molar-refractivity contribution is 6.74. The van der Waals surface area contributed by atoms with Crippen molar-refractivity contribution in [1.82, 2.24) is 5.32 Å². The summed E-state index contributed by atoms with van der Waals surface area (Å²) in [5.74, 6) is 0. The Morgan fingerprint density at radius 3 is 2.11 bits per heavy atom. The molecule has 0 unspecified atom stereocenters. The summed E-state index contributed by atoms with van der Waals surface area (Å²) >= 11 is 0. The zero-order chi connectivity index (χ0) is 20.9. The van der Waals surface area contributed by atoms with E-state index < -0.39 is 26.1 Å². The van der Waals surface area contributed by atoms with Gasteiger partial charge in [-0.15, -0.1) is 0 Å². The molecule has 1 aromatic rings. The first-order valence-electron chi connectivity index (χ1n) is 9.57. The van der Waals surface area contributed by atoms with Gasteiger partial charge in [0.15, 0.2) is 8.32 Å². The summed E-state index contributed by atoms with van der Waals surface area (Å²) in [6, 6.07) is 9.50. The number of nitrogens with one attached hydrogen (secondary N) is 1. The van der Waals surface area contributed by atoms with Crippen molar-refractivity contribution in [1.29, 1.82) is 0 Å². The highest BCUT2D eigenvalue weighted by Gasteiger charge is 2.41. The molecule has 0 heterocycles. The Labute approximate surface area is 165 Å². The van der Waals surface area contributed by atoms with Gasteiger partial charge in [-0.3, -0.25) is 0 Å². The summed E-state index contributed by atoms with van der Waals surface area (Å²) in [5.41, 5.74) is 0.479. The Kier molecular flexibility index (Phi) is 8.08. The number of amides is 1. The Morgan fingerprint density at radius 1 is 1.11 bits per heavy atom. The quantitative estimate of drug-likeness (QED) is 0.667. The van der Waals surface area contributed by atoms with E-state index >= 15 is 0 Å². The van der Waals surface area contributed by atoms with Crippen LogP contribution in [-0.4, -0.2) is 43.9 Å². The highest BCUT2D eigenvalue weighted by Crippen LogP contribution is 2.37. The summed E-state index contributed by atoms with van der Waals surface area (Å²) in [7, 11) is -2.12. The maximum absolute atomic E-state index is 12.4. The van der Waals surface area contributed by atoms with Crippen molar-refractivity contribution in [3.63, 3.8) is 0 Å². The normalized spacial score (nSPS) is 15.1. The number of hydrogen-bond donors (Lipinski definition) is 2.